The van der Waals surface area contributed by atoms with Gasteiger partial charge in [0, 0.05) is 35.2 Å². The predicted molar refractivity (Wildman–Crippen MR) is 120 cm³/mol. The van der Waals surface area contributed by atoms with E-state index < -0.39 is 15.3 Å². The van der Waals surface area contributed by atoms with Crippen LogP contribution in [0.3, 0.4) is 0 Å². The highest BCUT2D eigenvalue weighted by atomic mass is 32.2. The number of carbonyl (C=O) groups excluding carboxylic acids is 1. The second-order valence-corrected chi connectivity index (χ2v) is 11.0. The summed E-state index contributed by atoms with van der Waals surface area (Å²) in [5.41, 5.74) is 2.77. The molecule has 0 amide bonds. The topological polar surface area (TPSA) is 115 Å². The number of ether oxygens (including phenoxy) is 1. The molecule has 0 aliphatic carbocycles. The molecule has 0 bridgehead atoms. The maximum Gasteiger partial charge on any atom is 0.174 e. The van der Waals surface area contributed by atoms with Crippen molar-refractivity contribution in [1.82, 2.24) is 14.8 Å². The molecule has 4 rings (SSSR count). The first-order chi connectivity index (χ1) is 15.1. The number of nitriles is 1. The first kappa shape index (κ1) is 22.0. The molecule has 1 aromatic carbocycles. The van der Waals surface area contributed by atoms with Crippen molar-refractivity contribution in [2.24, 2.45) is 5.41 Å². The second-order valence-electron chi connectivity index (χ2n) is 8.90. The molecule has 0 N–H and O–H groups in total. The van der Waals surface area contributed by atoms with Crippen LogP contribution in [0.25, 0.3) is 22.3 Å². The van der Waals surface area contributed by atoms with Gasteiger partial charge in [-0.3, -0.25) is 14.5 Å². The van der Waals surface area contributed by atoms with Crippen molar-refractivity contribution in [3.8, 4) is 23.1 Å². The van der Waals surface area contributed by atoms with Gasteiger partial charge >= 0.3 is 0 Å². The fourth-order valence-corrected chi connectivity index (χ4v) is 6.46. The lowest BCUT2D eigenvalue weighted by Gasteiger charge is -2.37. The SMILES string of the molecule is CC(C)n1nc(-c2cccc(OCC#N)c2)c2ncc(C(=O)CC3(C)CS(=O)(=O)C3)cc21. The highest BCUT2D eigenvalue weighted by Crippen LogP contribution is 2.37. The molecule has 1 fully saturated rings. The Balaban J connectivity index is 1.71. The molecule has 0 unspecified atom stereocenters. The van der Waals surface area contributed by atoms with Gasteiger partial charge in [-0.2, -0.15) is 10.4 Å². The first-order valence-corrected chi connectivity index (χ1v) is 12.1. The largest absolute Gasteiger partial charge is 0.479 e. The molecule has 1 aliphatic heterocycles. The van der Waals surface area contributed by atoms with Crippen molar-refractivity contribution in [3.05, 3.63) is 42.1 Å². The van der Waals surface area contributed by atoms with E-state index in [2.05, 4.69) is 4.98 Å². The van der Waals surface area contributed by atoms with Crippen LogP contribution in [0.5, 0.6) is 5.75 Å². The van der Waals surface area contributed by atoms with E-state index in [1.807, 2.05) is 49.7 Å². The van der Waals surface area contributed by atoms with Gasteiger partial charge in [0.25, 0.3) is 0 Å². The fourth-order valence-electron chi connectivity index (χ4n) is 4.22. The third kappa shape index (κ3) is 4.23. The molecule has 3 aromatic rings. The van der Waals surface area contributed by atoms with Crippen LogP contribution >= 0.6 is 0 Å². The second kappa shape index (κ2) is 8.02. The number of nitrogens with zero attached hydrogens (tertiary/aromatic N) is 4. The highest BCUT2D eigenvalue weighted by Gasteiger charge is 2.45. The smallest absolute Gasteiger partial charge is 0.174 e. The van der Waals surface area contributed by atoms with Crippen molar-refractivity contribution < 1.29 is 17.9 Å². The molecular weight excluding hydrogens is 428 g/mol. The van der Waals surface area contributed by atoms with Gasteiger partial charge in [-0.05, 0) is 32.0 Å². The van der Waals surface area contributed by atoms with Crippen molar-refractivity contribution in [1.29, 1.82) is 5.26 Å². The van der Waals surface area contributed by atoms with Gasteiger partial charge < -0.3 is 4.74 Å². The summed E-state index contributed by atoms with van der Waals surface area (Å²) in [6.07, 6.45) is 1.70. The lowest BCUT2D eigenvalue weighted by atomic mass is 9.86. The molecule has 8 nitrogen and oxygen atoms in total. The molecule has 2 aromatic heterocycles. The number of fused-ring (bicyclic) bond motifs is 1. The molecule has 0 radical (unpaired) electrons. The van der Waals surface area contributed by atoms with E-state index in [9.17, 15) is 13.2 Å². The Morgan fingerprint density at radius 1 is 1.31 bits per heavy atom. The van der Waals surface area contributed by atoms with E-state index >= 15 is 0 Å². The number of ketones is 1. The van der Waals surface area contributed by atoms with Crippen LogP contribution in [0.2, 0.25) is 0 Å². The van der Waals surface area contributed by atoms with E-state index in [1.54, 1.807) is 12.1 Å². The Morgan fingerprint density at radius 3 is 2.72 bits per heavy atom. The lowest BCUT2D eigenvalue weighted by molar-refractivity contribution is 0.0936. The zero-order chi connectivity index (χ0) is 23.1. The monoisotopic (exact) mass is 452 g/mol. The maximum absolute atomic E-state index is 12.9. The minimum absolute atomic E-state index is 0.0331. The summed E-state index contributed by atoms with van der Waals surface area (Å²) in [5, 5.41) is 13.5. The Morgan fingerprint density at radius 2 is 2.06 bits per heavy atom. The molecule has 9 heteroatoms. The number of benzene rings is 1. The van der Waals surface area contributed by atoms with Gasteiger partial charge in [-0.1, -0.05) is 19.1 Å². The standard InChI is InChI=1S/C23H24N4O4S/c1-15(2)27-19-10-17(20(28)11-23(3)13-32(29,30)14-23)12-25-22(19)21(26-27)16-5-4-6-18(9-16)31-8-7-24/h4-6,9-10,12,15H,8,11,13-14H2,1-3H3. The Bertz CT molecular complexity index is 1340. The van der Waals surface area contributed by atoms with Crippen molar-refractivity contribution in [2.75, 3.05) is 18.1 Å². The van der Waals surface area contributed by atoms with Gasteiger partial charge in [0.15, 0.2) is 22.2 Å². The molecule has 3 heterocycles. The third-order valence-electron chi connectivity index (χ3n) is 5.49. The summed E-state index contributed by atoms with van der Waals surface area (Å²) >= 11 is 0. The zero-order valence-corrected chi connectivity index (χ0v) is 19.0. The minimum Gasteiger partial charge on any atom is -0.479 e. The number of rotatable bonds is 7. The normalized spacial score (nSPS) is 16.5. The van der Waals surface area contributed by atoms with Crippen LogP contribution in [-0.2, 0) is 9.84 Å². The number of hydrogen-bond acceptors (Lipinski definition) is 7. The number of carbonyl (C=O) groups is 1. The zero-order valence-electron chi connectivity index (χ0n) is 18.2. The van der Waals surface area contributed by atoms with E-state index in [-0.39, 0.29) is 36.4 Å². The summed E-state index contributed by atoms with van der Waals surface area (Å²) in [7, 11) is -3.02. The highest BCUT2D eigenvalue weighted by molar-refractivity contribution is 7.92. The van der Waals surface area contributed by atoms with Gasteiger partial charge in [0.1, 0.15) is 23.0 Å². The Kier molecular flexibility index (Phi) is 5.51. The Labute approximate surface area is 186 Å². The fraction of sp³-hybridized carbons (Fsp3) is 0.391. The molecule has 0 saturated carbocycles. The number of hydrogen-bond donors (Lipinski definition) is 0. The first-order valence-electron chi connectivity index (χ1n) is 10.3. The summed E-state index contributed by atoms with van der Waals surface area (Å²) in [4.78, 5) is 17.5. The third-order valence-corrected chi connectivity index (χ3v) is 7.77. The summed E-state index contributed by atoms with van der Waals surface area (Å²) in [6, 6.07) is 11.1. The predicted octanol–water partition coefficient (Wildman–Crippen LogP) is 3.59. The summed E-state index contributed by atoms with van der Waals surface area (Å²) in [5.74, 6) is 0.521. The number of pyridine rings is 1. The van der Waals surface area contributed by atoms with E-state index in [4.69, 9.17) is 15.1 Å². The van der Waals surface area contributed by atoms with Crippen LogP contribution in [0, 0.1) is 16.7 Å². The van der Waals surface area contributed by atoms with E-state index in [1.165, 1.54) is 6.20 Å². The molecule has 0 spiro atoms. The Hall–Kier alpha value is -3.25. The van der Waals surface area contributed by atoms with Gasteiger partial charge in [-0.15, -0.1) is 0 Å². The lowest BCUT2D eigenvalue weighted by Crippen LogP contribution is -2.47. The van der Waals surface area contributed by atoms with Crippen LogP contribution < -0.4 is 4.74 Å². The van der Waals surface area contributed by atoms with Crippen LogP contribution in [0.15, 0.2) is 36.5 Å². The minimum atomic E-state index is -3.02. The van der Waals surface area contributed by atoms with E-state index in [0.29, 0.717) is 22.5 Å². The average Bonchev–Trinajstić information content (AvgIpc) is 3.10. The van der Waals surface area contributed by atoms with Gasteiger partial charge in [0.2, 0.25) is 0 Å². The molecule has 1 saturated heterocycles. The number of sulfone groups is 1. The molecule has 166 valence electrons. The summed E-state index contributed by atoms with van der Waals surface area (Å²) < 4.78 is 30.4. The van der Waals surface area contributed by atoms with Crippen LogP contribution in [0.1, 0.15) is 43.6 Å². The molecular formula is C23H24N4O4S. The maximum atomic E-state index is 12.9. The van der Waals surface area contributed by atoms with Crippen LogP contribution in [0.4, 0.5) is 0 Å². The molecule has 0 atom stereocenters. The van der Waals surface area contributed by atoms with E-state index in [0.717, 1.165) is 11.1 Å². The van der Waals surface area contributed by atoms with Gasteiger partial charge in [0.05, 0.1) is 17.0 Å². The van der Waals surface area contributed by atoms with Gasteiger partial charge in [-0.25, -0.2) is 8.42 Å². The van der Waals surface area contributed by atoms with Crippen molar-refractivity contribution >= 4 is 26.7 Å². The quantitative estimate of drug-likeness (QED) is 0.503. The van der Waals surface area contributed by atoms with Crippen molar-refractivity contribution in [2.45, 2.75) is 33.2 Å². The summed E-state index contributed by atoms with van der Waals surface area (Å²) in [6.45, 7) is 5.78. The molecule has 32 heavy (non-hydrogen) atoms. The molecule has 1 aliphatic rings. The van der Waals surface area contributed by atoms with Crippen molar-refractivity contribution in [3.63, 3.8) is 0 Å². The van der Waals surface area contributed by atoms with Crippen LogP contribution in [-0.4, -0.2) is 47.1 Å². The average molecular weight is 453 g/mol. The number of Topliss-reactive ketones (excluding diaryl/α,β-unsaturated/α-hetero) is 1. The number of aromatic nitrogens is 3.